The Labute approximate surface area is 104 Å². The predicted molar refractivity (Wildman–Crippen MR) is 70.0 cm³/mol. The molecule has 3 aromatic rings. The van der Waals surface area contributed by atoms with Crippen LogP contribution in [0.2, 0.25) is 0 Å². The molecule has 1 aliphatic heterocycles. The minimum atomic E-state index is 0.164. The van der Waals surface area contributed by atoms with Crippen molar-refractivity contribution in [1.29, 1.82) is 0 Å². The highest BCUT2D eigenvalue weighted by Gasteiger charge is 2.22. The van der Waals surface area contributed by atoms with Crippen molar-refractivity contribution in [2.45, 2.75) is 6.04 Å². The van der Waals surface area contributed by atoms with Gasteiger partial charge in [-0.15, -0.1) is 0 Å². The lowest BCUT2D eigenvalue weighted by Crippen LogP contribution is -2.19. The third-order valence-electron chi connectivity index (χ3n) is 3.36. The van der Waals surface area contributed by atoms with Gasteiger partial charge in [0.25, 0.3) is 0 Å². The number of benzene rings is 2. The van der Waals surface area contributed by atoms with Crippen LogP contribution in [0.1, 0.15) is 17.2 Å². The molecule has 4 heteroatoms. The maximum atomic E-state index is 4.05. The number of hydrogen-bond acceptors (Lipinski definition) is 3. The van der Waals surface area contributed by atoms with Crippen molar-refractivity contribution < 1.29 is 0 Å². The highest BCUT2D eigenvalue weighted by atomic mass is 15.4. The van der Waals surface area contributed by atoms with Gasteiger partial charge in [0.2, 0.25) is 0 Å². The third-order valence-corrected chi connectivity index (χ3v) is 3.36. The van der Waals surface area contributed by atoms with Gasteiger partial charge in [-0.25, -0.2) is 5.43 Å². The summed E-state index contributed by atoms with van der Waals surface area (Å²) < 4.78 is 0. The van der Waals surface area contributed by atoms with Crippen LogP contribution in [0, 0.1) is 6.07 Å². The molecule has 3 N–H and O–H groups in total. The molecule has 1 aliphatic rings. The monoisotopic (exact) mass is 235 g/mol. The van der Waals surface area contributed by atoms with Gasteiger partial charge in [0, 0.05) is 10.9 Å². The lowest BCUT2D eigenvalue weighted by Gasteiger charge is -2.11. The molecule has 18 heavy (non-hydrogen) atoms. The second-order valence-electron chi connectivity index (χ2n) is 4.43. The number of H-pyrrole nitrogens is 1. The summed E-state index contributed by atoms with van der Waals surface area (Å²) in [5.41, 5.74) is 11.1. The normalized spacial score (nSPS) is 17.7. The Bertz CT molecular complexity index is 716. The minimum absolute atomic E-state index is 0.164. The Morgan fingerprint density at radius 3 is 3.22 bits per heavy atom. The summed E-state index contributed by atoms with van der Waals surface area (Å²) in [5.74, 6) is 0. The highest BCUT2D eigenvalue weighted by molar-refractivity contribution is 5.79. The molecule has 87 valence electrons. The quantitative estimate of drug-likeness (QED) is 0.607. The zero-order chi connectivity index (χ0) is 11.9. The SMILES string of the molecule is [c]1ccc2c(c1)C(c1ccc3[nH]ncc3c1)NN2. The van der Waals surface area contributed by atoms with E-state index in [0.29, 0.717) is 0 Å². The first-order valence-corrected chi connectivity index (χ1v) is 5.86. The van der Waals surface area contributed by atoms with E-state index in [4.69, 9.17) is 0 Å². The number of fused-ring (bicyclic) bond motifs is 2. The van der Waals surface area contributed by atoms with E-state index in [1.165, 1.54) is 11.1 Å². The summed E-state index contributed by atoms with van der Waals surface area (Å²) >= 11 is 0. The lowest BCUT2D eigenvalue weighted by atomic mass is 9.98. The van der Waals surface area contributed by atoms with Crippen LogP contribution in [0.3, 0.4) is 0 Å². The van der Waals surface area contributed by atoms with Gasteiger partial charge < -0.3 is 5.43 Å². The fourth-order valence-corrected chi connectivity index (χ4v) is 2.43. The standard InChI is InChI=1S/C14H11N4/c1-2-4-13-11(3-1)14(18-17-13)9-5-6-12-10(7-9)8-15-16-12/h2-8,14,17-18H,(H,15,16). The molecule has 2 aromatic carbocycles. The number of hydrazine groups is 1. The number of aromatic nitrogens is 2. The second kappa shape index (κ2) is 3.58. The van der Waals surface area contributed by atoms with Crippen LogP contribution < -0.4 is 10.9 Å². The molecule has 4 rings (SSSR count). The van der Waals surface area contributed by atoms with Crippen LogP contribution in [0.25, 0.3) is 10.9 Å². The van der Waals surface area contributed by atoms with Crippen molar-refractivity contribution in [3.8, 4) is 0 Å². The molecule has 0 spiro atoms. The van der Waals surface area contributed by atoms with Gasteiger partial charge in [-0.3, -0.25) is 5.10 Å². The molecule has 1 radical (unpaired) electrons. The van der Waals surface area contributed by atoms with Crippen LogP contribution >= 0.6 is 0 Å². The van der Waals surface area contributed by atoms with E-state index in [1.807, 2.05) is 24.4 Å². The molecular weight excluding hydrogens is 224 g/mol. The van der Waals surface area contributed by atoms with Crippen molar-refractivity contribution in [2.75, 3.05) is 5.43 Å². The van der Waals surface area contributed by atoms with Crippen LogP contribution in [-0.2, 0) is 0 Å². The number of nitrogens with one attached hydrogen (secondary N) is 3. The molecule has 0 fully saturated rings. The zero-order valence-corrected chi connectivity index (χ0v) is 9.57. The van der Waals surface area contributed by atoms with Crippen molar-refractivity contribution in [3.05, 3.63) is 59.8 Å². The molecule has 1 atom stereocenters. The van der Waals surface area contributed by atoms with Crippen LogP contribution in [-0.4, -0.2) is 10.2 Å². The first-order valence-electron chi connectivity index (χ1n) is 5.86. The van der Waals surface area contributed by atoms with Crippen molar-refractivity contribution in [3.63, 3.8) is 0 Å². The summed E-state index contributed by atoms with van der Waals surface area (Å²) in [5, 5.41) is 8.14. The van der Waals surface area contributed by atoms with E-state index in [-0.39, 0.29) is 6.04 Å². The van der Waals surface area contributed by atoms with Gasteiger partial charge >= 0.3 is 0 Å². The number of aromatic amines is 1. The average Bonchev–Trinajstić information content (AvgIpc) is 3.04. The van der Waals surface area contributed by atoms with E-state index in [2.05, 4.69) is 45.3 Å². The molecule has 1 unspecified atom stereocenters. The predicted octanol–water partition coefficient (Wildman–Crippen LogP) is 2.38. The van der Waals surface area contributed by atoms with Crippen molar-refractivity contribution in [1.82, 2.24) is 15.6 Å². The topological polar surface area (TPSA) is 52.7 Å². The van der Waals surface area contributed by atoms with Crippen molar-refractivity contribution >= 4 is 16.6 Å². The fourth-order valence-electron chi connectivity index (χ4n) is 2.43. The molecular formula is C14H11N4. The number of rotatable bonds is 1. The maximum absolute atomic E-state index is 4.05. The molecule has 1 aromatic heterocycles. The number of hydrogen-bond donors (Lipinski definition) is 3. The Morgan fingerprint density at radius 2 is 2.22 bits per heavy atom. The van der Waals surface area contributed by atoms with Gasteiger partial charge in [-0.2, -0.15) is 5.10 Å². The van der Waals surface area contributed by atoms with E-state index in [0.717, 1.165) is 16.6 Å². The molecule has 0 bridgehead atoms. The zero-order valence-electron chi connectivity index (χ0n) is 9.57. The van der Waals surface area contributed by atoms with Gasteiger partial charge in [-0.05, 0) is 35.9 Å². The highest BCUT2D eigenvalue weighted by Crippen LogP contribution is 2.33. The van der Waals surface area contributed by atoms with E-state index < -0.39 is 0 Å². The fraction of sp³-hybridized carbons (Fsp3) is 0.0714. The van der Waals surface area contributed by atoms with E-state index in [9.17, 15) is 0 Å². The van der Waals surface area contributed by atoms with Crippen LogP contribution in [0.15, 0.2) is 42.6 Å². The molecule has 4 nitrogen and oxygen atoms in total. The summed E-state index contributed by atoms with van der Waals surface area (Å²) in [6.45, 7) is 0. The van der Waals surface area contributed by atoms with E-state index >= 15 is 0 Å². The molecule has 0 amide bonds. The molecule has 2 heterocycles. The van der Waals surface area contributed by atoms with Crippen molar-refractivity contribution in [2.24, 2.45) is 0 Å². The smallest absolute Gasteiger partial charge is 0.0781 e. The van der Waals surface area contributed by atoms with Gasteiger partial charge in [0.05, 0.1) is 23.4 Å². The summed E-state index contributed by atoms with van der Waals surface area (Å²) in [4.78, 5) is 0. The molecule has 0 aliphatic carbocycles. The lowest BCUT2D eigenvalue weighted by molar-refractivity contribution is 0.729. The Balaban J connectivity index is 1.84. The van der Waals surface area contributed by atoms with Gasteiger partial charge in [-0.1, -0.05) is 12.1 Å². The van der Waals surface area contributed by atoms with Gasteiger partial charge in [0.1, 0.15) is 0 Å². The maximum Gasteiger partial charge on any atom is 0.0781 e. The Morgan fingerprint density at radius 1 is 1.22 bits per heavy atom. The first kappa shape index (κ1) is 9.67. The van der Waals surface area contributed by atoms with Gasteiger partial charge in [0.15, 0.2) is 0 Å². The number of nitrogens with zero attached hydrogens (tertiary/aromatic N) is 1. The average molecular weight is 235 g/mol. The van der Waals surface area contributed by atoms with Crippen LogP contribution in [0.5, 0.6) is 0 Å². The molecule has 0 saturated carbocycles. The minimum Gasteiger partial charge on any atom is -0.320 e. The summed E-state index contributed by atoms with van der Waals surface area (Å²) in [6, 6.07) is 15.6. The summed E-state index contributed by atoms with van der Waals surface area (Å²) in [6.07, 6.45) is 1.85. The second-order valence-corrected chi connectivity index (χ2v) is 4.43. The van der Waals surface area contributed by atoms with E-state index in [1.54, 1.807) is 0 Å². The summed E-state index contributed by atoms with van der Waals surface area (Å²) in [7, 11) is 0. The first-order chi connectivity index (χ1) is 8.92. The van der Waals surface area contributed by atoms with Crippen LogP contribution in [0.4, 0.5) is 5.69 Å². The molecule has 0 saturated heterocycles. The Hall–Kier alpha value is -2.33. The largest absolute Gasteiger partial charge is 0.320 e. The third kappa shape index (κ3) is 1.33. The Kier molecular flexibility index (Phi) is 1.92. The number of anilines is 1.